The average Bonchev–Trinajstić information content (AvgIpc) is 2.96. The SMILES string of the molecule is NCC1(C(=O)Nc2ccc(OCC(F)(F)F)nc2)CCCC1. The molecule has 3 N–H and O–H groups in total. The second kappa shape index (κ2) is 6.51. The Morgan fingerprint density at radius 2 is 2.05 bits per heavy atom. The maximum atomic E-state index is 12.3. The highest BCUT2D eigenvalue weighted by molar-refractivity contribution is 5.95. The van der Waals surface area contributed by atoms with Gasteiger partial charge in [0.1, 0.15) is 0 Å². The van der Waals surface area contributed by atoms with E-state index in [1.165, 1.54) is 18.3 Å². The third kappa shape index (κ3) is 4.09. The van der Waals surface area contributed by atoms with Gasteiger partial charge in [0, 0.05) is 12.6 Å². The monoisotopic (exact) mass is 317 g/mol. The quantitative estimate of drug-likeness (QED) is 0.874. The molecule has 0 radical (unpaired) electrons. The zero-order valence-electron chi connectivity index (χ0n) is 11.9. The zero-order chi connectivity index (χ0) is 16.2. The van der Waals surface area contributed by atoms with E-state index in [-0.39, 0.29) is 18.3 Å². The zero-order valence-corrected chi connectivity index (χ0v) is 11.9. The van der Waals surface area contributed by atoms with E-state index in [1.807, 2.05) is 0 Å². The molecule has 1 aliphatic rings. The second-order valence-electron chi connectivity index (χ2n) is 5.43. The van der Waals surface area contributed by atoms with Crippen LogP contribution >= 0.6 is 0 Å². The molecule has 1 aliphatic carbocycles. The molecule has 1 heterocycles. The summed E-state index contributed by atoms with van der Waals surface area (Å²) < 4.78 is 40.6. The summed E-state index contributed by atoms with van der Waals surface area (Å²) in [6.45, 7) is -1.12. The van der Waals surface area contributed by atoms with Gasteiger partial charge in [-0.15, -0.1) is 0 Å². The molecule has 1 aromatic heterocycles. The number of hydrogen-bond acceptors (Lipinski definition) is 4. The number of carbonyl (C=O) groups is 1. The van der Waals surface area contributed by atoms with Crippen molar-refractivity contribution in [1.82, 2.24) is 4.98 Å². The largest absolute Gasteiger partial charge is 0.468 e. The third-order valence-electron chi connectivity index (χ3n) is 3.81. The number of nitrogens with one attached hydrogen (secondary N) is 1. The molecule has 1 saturated carbocycles. The normalized spacial score (nSPS) is 17.3. The van der Waals surface area contributed by atoms with Crippen molar-refractivity contribution in [2.24, 2.45) is 11.1 Å². The van der Waals surface area contributed by atoms with Crippen LogP contribution in [0.15, 0.2) is 18.3 Å². The Kier molecular flexibility index (Phi) is 4.90. The van der Waals surface area contributed by atoms with E-state index in [4.69, 9.17) is 5.73 Å². The molecule has 0 saturated heterocycles. The third-order valence-corrected chi connectivity index (χ3v) is 3.81. The van der Waals surface area contributed by atoms with Crippen LogP contribution in [-0.4, -0.2) is 30.2 Å². The van der Waals surface area contributed by atoms with E-state index in [9.17, 15) is 18.0 Å². The van der Waals surface area contributed by atoms with Crippen LogP contribution in [0.25, 0.3) is 0 Å². The molecule has 8 heteroatoms. The number of nitrogens with two attached hydrogens (primary N) is 1. The summed E-state index contributed by atoms with van der Waals surface area (Å²) in [4.78, 5) is 16.1. The number of halogens is 3. The highest BCUT2D eigenvalue weighted by atomic mass is 19.4. The molecule has 122 valence electrons. The maximum absolute atomic E-state index is 12.3. The Morgan fingerprint density at radius 3 is 2.55 bits per heavy atom. The lowest BCUT2D eigenvalue weighted by Gasteiger charge is -2.25. The molecule has 0 atom stereocenters. The van der Waals surface area contributed by atoms with Gasteiger partial charge in [-0.25, -0.2) is 4.98 Å². The number of nitrogens with zero attached hydrogens (tertiary/aromatic N) is 1. The number of ether oxygens (including phenoxy) is 1. The molecule has 1 aromatic rings. The molecule has 2 rings (SSSR count). The van der Waals surface area contributed by atoms with E-state index in [1.54, 1.807) is 0 Å². The van der Waals surface area contributed by atoms with Gasteiger partial charge in [-0.2, -0.15) is 13.2 Å². The van der Waals surface area contributed by atoms with Crippen molar-refractivity contribution >= 4 is 11.6 Å². The van der Waals surface area contributed by atoms with E-state index in [0.717, 1.165) is 25.7 Å². The van der Waals surface area contributed by atoms with Crippen molar-refractivity contribution in [3.63, 3.8) is 0 Å². The summed E-state index contributed by atoms with van der Waals surface area (Å²) in [6.07, 6.45) is 0.276. The summed E-state index contributed by atoms with van der Waals surface area (Å²) in [5, 5.41) is 2.72. The topological polar surface area (TPSA) is 77.2 Å². The predicted molar refractivity (Wildman–Crippen MR) is 74.4 cm³/mol. The molecule has 0 aromatic carbocycles. The fourth-order valence-electron chi connectivity index (χ4n) is 2.53. The van der Waals surface area contributed by atoms with Gasteiger partial charge in [0.25, 0.3) is 0 Å². The fraction of sp³-hybridized carbons (Fsp3) is 0.571. The first-order valence-corrected chi connectivity index (χ1v) is 7.02. The van der Waals surface area contributed by atoms with Crippen LogP contribution in [0, 0.1) is 5.41 Å². The molecule has 0 spiro atoms. The first-order valence-electron chi connectivity index (χ1n) is 7.02. The molecule has 1 fully saturated rings. The fourth-order valence-corrected chi connectivity index (χ4v) is 2.53. The molecular weight excluding hydrogens is 299 g/mol. The van der Waals surface area contributed by atoms with Crippen molar-refractivity contribution in [2.45, 2.75) is 31.9 Å². The van der Waals surface area contributed by atoms with Crippen LogP contribution in [-0.2, 0) is 4.79 Å². The minimum atomic E-state index is -4.41. The van der Waals surface area contributed by atoms with Crippen LogP contribution in [0.5, 0.6) is 5.88 Å². The predicted octanol–water partition coefficient (Wildman–Crippen LogP) is 2.48. The summed E-state index contributed by atoms with van der Waals surface area (Å²) >= 11 is 0. The summed E-state index contributed by atoms with van der Waals surface area (Å²) in [7, 11) is 0. The Hall–Kier alpha value is -1.83. The molecule has 1 amide bonds. The lowest BCUT2D eigenvalue weighted by atomic mass is 9.85. The summed E-state index contributed by atoms with van der Waals surface area (Å²) in [5.74, 6) is -0.317. The number of hydrogen-bond donors (Lipinski definition) is 2. The van der Waals surface area contributed by atoms with Crippen molar-refractivity contribution in [3.8, 4) is 5.88 Å². The number of carbonyl (C=O) groups excluding carboxylic acids is 1. The molecule has 0 bridgehead atoms. The lowest BCUT2D eigenvalue weighted by molar-refractivity contribution is -0.154. The minimum absolute atomic E-state index is 0.148. The highest BCUT2D eigenvalue weighted by Crippen LogP contribution is 2.38. The van der Waals surface area contributed by atoms with E-state index in [0.29, 0.717) is 5.69 Å². The second-order valence-corrected chi connectivity index (χ2v) is 5.43. The van der Waals surface area contributed by atoms with E-state index < -0.39 is 18.2 Å². The molecule has 5 nitrogen and oxygen atoms in total. The van der Waals surface area contributed by atoms with Gasteiger partial charge in [0.15, 0.2) is 6.61 Å². The summed E-state index contributed by atoms with van der Waals surface area (Å²) in [5.41, 5.74) is 5.58. The van der Waals surface area contributed by atoms with Gasteiger partial charge in [0.05, 0.1) is 17.3 Å². The highest BCUT2D eigenvalue weighted by Gasteiger charge is 2.39. The number of rotatable bonds is 5. The number of amides is 1. The molecule has 22 heavy (non-hydrogen) atoms. The van der Waals surface area contributed by atoms with Crippen molar-refractivity contribution < 1.29 is 22.7 Å². The first-order chi connectivity index (χ1) is 10.3. The van der Waals surface area contributed by atoms with Crippen LogP contribution in [0.2, 0.25) is 0 Å². The van der Waals surface area contributed by atoms with E-state index >= 15 is 0 Å². The van der Waals surface area contributed by atoms with Crippen LogP contribution in [0.3, 0.4) is 0 Å². The first kappa shape index (κ1) is 16.5. The van der Waals surface area contributed by atoms with Gasteiger partial charge in [0.2, 0.25) is 11.8 Å². The molecular formula is C14H18F3N3O2. The number of aromatic nitrogens is 1. The number of anilines is 1. The van der Waals surface area contributed by atoms with E-state index in [2.05, 4.69) is 15.0 Å². The van der Waals surface area contributed by atoms with Gasteiger partial charge in [-0.3, -0.25) is 4.79 Å². The minimum Gasteiger partial charge on any atom is -0.468 e. The molecule has 0 unspecified atom stereocenters. The molecule has 0 aliphatic heterocycles. The Morgan fingerprint density at radius 1 is 1.36 bits per heavy atom. The van der Waals surface area contributed by atoms with Crippen molar-refractivity contribution in [3.05, 3.63) is 18.3 Å². The van der Waals surface area contributed by atoms with Gasteiger partial charge < -0.3 is 15.8 Å². The standard InChI is InChI=1S/C14H18F3N3O2/c15-14(16,17)9-22-11-4-3-10(7-19-11)20-12(21)13(8-18)5-1-2-6-13/h3-4,7H,1-2,5-6,8-9,18H2,(H,20,21). The summed E-state index contributed by atoms with van der Waals surface area (Å²) in [6, 6.07) is 2.74. The average molecular weight is 317 g/mol. The van der Waals surface area contributed by atoms with Gasteiger partial charge >= 0.3 is 6.18 Å². The maximum Gasteiger partial charge on any atom is 0.422 e. The smallest absolute Gasteiger partial charge is 0.422 e. The van der Waals surface area contributed by atoms with Gasteiger partial charge in [-0.1, -0.05) is 12.8 Å². The van der Waals surface area contributed by atoms with Crippen LogP contribution in [0.4, 0.5) is 18.9 Å². The van der Waals surface area contributed by atoms with Crippen molar-refractivity contribution in [2.75, 3.05) is 18.5 Å². The van der Waals surface area contributed by atoms with Crippen LogP contribution < -0.4 is 15.8 Å². The number of alkyl halides is 3. The Bertz CT molecular complexity index is 511. The van der Waals surface area contributed by atoms with Crippen LogP contribution in [0.1, 0.15) is 25.7 Å². The van der Waals surface area contributed by atoms with Crippen molar-refractivity contribution in [1.29, 1.82) is 0 Å². The Balaban J connectivity index is 1.95. The number of pyridine rings is 1. The Labute approximate surface area is 126 Å². The van der Waals surface area contributed by atoms with Gasteiger partial charge in [-0.05, 0) is 18.9 Å². The lowest BCUT2D eigenvalue weighted by Crippen LogP contribution is -2.40.